The highest BCUT2D eigenvalue weighted by Gasteiger charge is 2.08. The van der Waals surface area contributed by atoms with Crippen molar-refractivity contribution >= 4 is 46.1 Å². The molecule has 136 valence electrons. The molecule has 0 radical (unpaired) electrons. The maximum absolute atomic E-state index is 11.1. The first-order chi connectivity index (χ1) is 12.9. The number of aliphatic carboxylic acids is 1. The number of benzene rings is 2. The number of rotatable bonds is 5. The summed E-state index contributed by atoms with van der Waals surface area (Å²) in [5, 5.41) is 9.76. The zero-order valence-electron chi connectivity index (χ0n) is 14.4. The largest absolute Gasteiger partial charge is 0.481 e. The number of nitrogens with one attached hydrogen (secondary N) is 1. The van der Waals surface area contributed by atoms with Gasteiger partial charge in [0.05, 0.1) is 21.8 Å². The van der Waals surface area contributed by atoms with E-state index in [1.54, 1.807) is 19.1 Å². The third-order valence-electron chi connectivity index (χ3n) is 3.63. The van der Waals surface area contributed by atoms with E-state index in [4.69, 9.17) is 16.7 Å². The van der Waals surface area contributed by atoms with Crippen LogP contribution < -0.4 is 0 Å². The van der Waals surface area contributed by atoms with Crippen LogP contribution in [0.5, 0.6) is 0 Å². The SMILES string of the molecule is CC(=O)Cc1ccc(C#Cc2cc3[nH]c(SCC(=O)O)nc3cc2Cl)cc1. The summed E-state index contributed by atoms with van der Waals surface area (Å²) in [5.41, 5.74) is 3.83. The van der Waals surface area contributed by atoms with Crippen molar-refractivity contribution in [1.29, 1.82) is 0 Å². The molecule has 27 heavy (non-hydrogen) atoms. The number of H-pyrrole nitrogens is 1. The number of imidazole rings is 1. The molecule has 7 heteroatoms. The van der Waals surface area contributed by atoms with Crippen molar-refractivity contribution in [3.63, 3.8) is 0 Å². The minimum atomic E-state index is -0.903. The van der Waals surface area contributed by atoms with Crippen LogP contribution in [0.4, 0.5) is 0 Å². The van der Waals surface area contributed by atoms with Gasteiger partial charge >= 0.3 is 5.97 Å². The second-order valence-corrected chi connectivity index (χ2v) is 7.27. The van der Waals surface area contributed by atoms with Crippen LogP contribution in [0.2, 0.25) is 5.02 Å². The topological polar surface area (TPSA) is 83.0 Å². The first-order valence-corrected chi connectivity index (χ1v) is 9.41. The predicted molar refractivity (Wildman–Crippen MR) is 106 cm³/mol. The van der Waals surface area contributed by atoms with E-state index in [0.29, 0.717) is 27.7 Å². The summed E-state index contributed by atoms with van der Waals surface area (Å²) in [6.45, 7) is 1.56. The fourth-order valence-corrected chi connectivity index (χ4v) is 3.25. The number of carboxylic acids is 1. The smallest absolute Gasteiger partial charge is 0.313 e. The van der Waals surface area contributed by atoms with E-state index in [2.05, 4.69) is 21.8 Å². The molecule has 0 saturated heterocycles. The number of hydrogen-bond acceptors (Lipinski definition) is 4. The molecule has 3 aromatic rings. The summed E-state index contributed by atoms with van der Waals surface area (Å²) in [6.07, 6.45) is 0.415. The lowest BCUT2D eigenvalue weighted by atomic mass is 10.1. The molecular formula is C20H15ClN2O3S. The molecule has 0 spiro atoms. The Morgan fingerprint density at radius 3 is 2.63 bits per heavy atom. The Bertz CT molecular complexity index is 1080. The second-order valence-electron chi connectivity index (χ2n) is 5.90. The van der Waals surface area contributed by atoms with Crippen LogP contribution in [0, 0.1) is 11.8 Å². The highest BCUT2D eigenvalue weighted by molar-refractivity contribution is 7.99. The number of carbonyl (C=O) groups excluding carboxylic acids is 1. The number of aromatic amines is 1. The van der Waals surface area contributed by atoms with E-state index in [1.807, 2.05) is 24.3 Å². The Morgan fingerprint density at radius 1 is 1.22 bits per heavy atom. The van der Waals surface area contributed by atoms with Crippen LogP contribution in [0.25, 0.3) is 11.0 Å². The Kier molecular flexibility index (Phi) is 5.84. The van der Waals surface area contributed by atoms with Gasteiger partial charge in [-0.15, -0.1) is 0 Å². The minimum absolute atomic E-state index is 0.0696. The number of carbonyl (C=O) groups is 2. The number of nitrogens with zero attached hydrogens (tertiary/aromatic N) is 1. The molecule has 0 fully saturated rings. The Hall–Kier alpha value is -2.75. The number of aromatic nitrogens is 2. The van der Waals surface area contributed by atoms with E-state index in [1.165, 1.54) is 0 Å². The van der Waals surface area contributed by atoms with Gasteiger partial charge < -0.3 is 10.1 Å². The number of ketones is 1. The van der Waals surface area contributed by atoms with Gasteiger partial charge in [0, 0.05) is 17.5 Å². The van der Waals surface area contributed by atoms with Crippen molar-refractivity contribution in [2.75, 3.05) is 5.75 Å². The Morgan fingerprint density at radius 2 is 1.96 bits per heavy atom. The van der Waals surface area contributed by atoms with E-state index in [-0.39, 0.29) is 11.5 Å². The monoisotopic (exact) mass is 398 g/mol. The maximum atomic E-state index is 11.1. The molecule has 2 aromatic carbocycles. The molecule has 1 heterocycles. The molecule has 3 rings (SSSR count). The molecule has 5 nitrogen and oxygen atoms in total. The van der Waals surface area contributed by atoms with Crippen molar-refractivity contribution in [3.05, 3.63) is 58.1 Å². The fourth-order valence-electron chi connectivity index (χ4n) is 2.44. The van der Waals surface area contributed by atoms with Gasteiger partial charge in [-0.05, 0) is 36.8 Å². The van der Waals surface area contributed by atoms with Crippen LogP contribution in [-0.4, -0.2) is 32.6 Å². The minimum Gasteiger partial charge on any atom is -0.481 e. The summed E-state index contributed by atoms with van der Waals surface area (Å²) in [6, 6.07) is 11.0. The quantitative estimate of drug-likeness (QED) is 0.502. The summed E-state index contributed by atoms with van der Waals surface area (Å²) in [4.78, 5) is 29.2. The van der Waals surface area contributed by atoms with Crippen molar-refractivity contribution in [2.24, 2.45) is 0 Å². The summed E-state index contributed by atoms with van der Waals surface area (Å²) < 4.78 is 0. The summed E-state index contributed by atoms with van der Waals surface area (Å²) in [7, 11) is 0. The molecule has 0 aliphatic heterocycles. The standard InChI is InChI=1S/C20H15ClN2O3S/c1-12(24)8-14-4-2-13(3-5-14)6-7-15-9-17-18(10-16(15)21)23-20(22-17)27-11-19(25)26/h2-5,9-10H,8,11H2,1H3,(H,22,23)(H,25,26). The highest BCUT2D eigenvalue weighted by Crippen LogP contribution is 2.25. The molecule has 0 bridgehead atoms. The van der Waals surface area contributed by atoms with Gasteiger partial charge in [-0.3, -0.25) is 9.59 Å². The lowest BCUT2D eigenvalue weighted by molar-refractivity contribution is -0.133. The van der Waals surface area contributed by atoms with E-state index < -0.39 is 5.97 Å². The molecule has 0 unspecified atom stereocenters. The maximum Gasteiger partial charge on any atom is 0.313 e. The van der Waals surface area contributed by atoms with Crippen LogP contribution >= 0.6 is 23.4 Å². The zero-order valence-corrected chi connectivity index (χ0v) is 15.9. The van der Waals surface area contributed by atoms with Gasteiger partial charge in [-0.25, -0.2) is 4.98 Å². The van der Waals surface area contributed by atoms with Crippen LogP contribution in [0.3, 0.4) is 0 Å². The van der Waals surface area contributed by atoms with Crippen LogP contribution in [-0.2, 0) is 16.0 Å². The average molecular weight is 399 g/mol. The molecule has 0 saturated carbocycles. The summed E-state index contributed by atoms with van der Waals surface area (Å²) in [5.74, 6) is 5.25. The Balaban J connectivity index is 1.82. The van der Waals surface area contributed by atoms with E-state index in [9.17, 15) is 9.59 Å². The van der Waals surface area contributed by atoms with Crippen molar-refractivity contribution < 1.29 is 14.7 Å². The van der Waals surface area contributed by atoms with Crippen LogP contribution in [0.15, 0.2) is 41.6 Å². The first-order valence-electron chi connectivity index (χ1n) is 8.05. The molecule has 2 N–H and O–H groups in total. The molecule has 1 aromatic heterocycles. The number of thioether (sulfide) groups is 1. The van der Waals surface area contributed by atoms with Crippen molar-refractivity contribution in [1.82, 2.24) is 9.97 Å². The Labute approximate surface area is 165 Å². The van der Waals surface area contributed by atoms with Gasteiger partial charge in [-0.2, -0.15) is 0 Å². The lowest BCUT2D eigenvalue weighted by Crippen LogP contribution is -1.97. The van der Waals surface area contributed by atoms with E-state index >= 15 is 0 Å². The molecule has 0 atom stereocenters. The van der Waals surface area contributed by atoms with Gasteiger partial charge in [-0.1, -0.05) is 47.3 Å². The number of carboxylic acid groups (broad SMARTS) is 1. The molecule has 0 aliphatic rings. The van der Waals surface area contributed by atoms with Gasteiger partial charge in [0.1, 0.15) is 5.78 Å². The second kappa shape index (κ2) is 8.30. The summed E-state index contributed by atoms with van der Waals surface area (Å²) >= 11 is 7.41. The highest BCUT2D eigenvalue weighted by atomic mass is 35.5. The number of halogens is 1. The third-order valence-corrected chi connectivity index (χ3v) is 4.80. The zero-order chi connectivity index (χ0) is 19.4. The predicted octanol–water partition coefficient (Wildman–Crippen LogP) is 3.92. The van der Waals surface area contributed by atoms with Crippen LogP contribution in [0.1, 0.15) is 23.6 Å². The number of hydrogen-bond donors (Lipinski definition) is 2. The number of Topliss-reactive ketones (excluding diaryl/α,β-unsaturated/α-hetero) is 1. The number of fused-ring (bicyclic) bond motifs is 1. The molecule has 0 amide bonds. The van der Waals surface area contributed by atoms with Gasteiger partial charge in [0.25, 0.3) is 0 Å². The van der Waals surface area contributed by atoms with Crippen molar-refractivity contribution in [3.8, 4) is 11.8 Å². The lowest BCUT2D eigenvalue weighted by Gasteiger charge is -1.98. The average Bonchev–Trinajstić information content (AvgIpc) is 3.00. The van der Waals surface area contributed by atoms with Crippen molar-refractivity contribution in [2.45, 2.75) is 18.5 Å². The fraction of sp³-hybridized carbons (Fsp3) is 0.150. The first kappa shape index (κ1) is 19.0. The third kappa shape index (κ3) is 5.13. The molecular weight excluding hydrogens is 384 g/mol. The van der Waals surface area contributed by atoms with E-state index in [0.717, 1.165) is 28.4 Å². The van der Waals surface area contributed by atoms with Gasteiger partial charge in [0.15, 0.2) is 5.16 Å². The normalized spacial score (nSPS) is 10.4. The molecule has 0 aliphatic carbocycles. The van der Waals surface area contributed by atoms with Gasteiger partial charge in [0.2, 0.25) is 0 Å².